The van der Waals surface area contributed by atoms with E-state index >= 15 is 0 Å². The third kappa shape index (κ3) is 2.70. The predicted molar refractivity (Wildman–Crippen MR) is 49.5 cm³/mol. The molecule has 1 rings (SSSR count). The predicted octanol–water partition coefficient (Wildman–Crippen LogP) is 1.35. The molecule has 0 atom stereocenters. The first-order valence-electron chi connectivity index (χ1n) is 3.48. The van der Waals surface area contributed by atoms with Gasteiger partial charge in [-0.1, -0.05) is 30.3 Å². The van der Waals surface area contributed by atoms with Crippen LogP contribution in [-0.2, 0) is 0 Å². The van der Waals surface area contributed by atoms with E-state index in [-0.39, 0.29) is 11.9 Å². The molecule has 0 fully saturated rings. The first kappa shape index (κ1) is 9.33. The minimum absolute atomic E-state index is 0.0410. The van der Waals surface area contributed by atoms with Gasteiger partial charge in [0, 0.05) is 5.71 Å². The van der Waals surface area contributed by atoms with Crippen LogP contribution in [0.15, 0.2) is 30.3 Å². The van der Waals surface area contributed by atoms with Gasteiger partial charge in [-0.05, 0) is 5.56 Å². The van der Waals surface area contributed by atoms with Crippen LogP contribution in [0.4, 0.5) is 0 Å². The standard InChI is InChI=1S/C8H10NO2P/c9-8(6-12(10)11)7-4-2-1-3-5-7/h1-5,9-11H,6H2. The molecular weight excluding hydrogens is 173 g/mol. The molecule has 12 heavy (non-hydrogen) atoms. The van der Waals surface area contributed by atoms with Crippen LogP contribution < -0.4 is 0 Å². The van der Waals surface area contributed by atoms with Crippen molar-refractivity contribution in [3.63, 3.8) is 0 Å². The van der Waals surface area contributed by atoms with Gasteiger partial charge < -0.3 is 15.2 Å². The largest absolute Gasteiger partial charge is 0.350 e. The number of benzene rings is 1. The summed E-state index contributed by atoms with van der Waals surface area (Å²) >= 11 is 0. The fourth-order valence-electron chi connectivity index (χ4n) is 0.872. The fourth-order valence-corrected chi connectivity index (χ4v) is 1.34. The molecule has 1 aromatic carbocycles. The highest BCUT2D eigenvalue weighted by molar-refractivity contribution is 7.46. The molecule has 0 radical (unpaired) electrons. The van der Waals surface area contributed by atoms with Crippen molar-refractivity contribution in [2.75, 3.05) is 6.16 Å². The molecule has 3 N–H and O–H groups in total. The van der Waals surface area contributed by atoms with Gasteiger partial charge in [-0.2, -0.15) is 0 Å². The molecule has 0 aliphatic heterocycles. The molecular formula is C8H10NO2P. The van der Waals surface area contributed by atoms with Crippen molar-refractivity contribution in [1.82, 2.24) is 0 Å². The zero-order valence-electron chi connectivity index (χ0n) is 6.44. The lowest BCUT2D eigenvalue weighted by Gasteiger charge is -2.03. The molecule has 0 unspecified atom stereocenters. The molecule has 3 nitrogen and oxygen atoms in total. The maximum atomic E-state index is 8.66. The Kier molecular flexibility index (Phi) is 3.35. The highest BCUT2D eigenvalue weighted by atomic mass is 31.2. The summed E-state index contributed by atoms with van der Waals surface area (Å²) in [4.78, 5) is 17.3. The molecule has 0 heterocycles. The van der Waals surface area contributed by atoms with Gasteiger partial charge in [0.2, 0.25) is 0 Å². The normalized spacial score (nSPS) is 10.2. The van der Waals surface area contributed by atoms with Gasteiger partial charge in [0.05, 0.1) is 6.16 Å². The fraction of sp³-hybridized carbons (Fsp3) is 0.125. The maximum Gasteiger partial charge on any atom is 0.171 e. The Bertz CT molecular complexity index is 261. The van der Waals surface area contributed by atoms with Crippen molar-refractivity contribution in [3.05, 3.63) is 35.9 Å². The number of nitrogens with one attached hydrogen (secondary N) is 1. The van der Waals surface area contributed by atoms with E-state index in [4.69, 9.17) is 15.2 Å². The third-order valence-corrected chi connectivity index (χ3v) is 2.02. The summed E-state index contributed by atoms with van der Waals surface area (Å²) in [5, 5.41) is 7.46. The molecule has 0 aliphatic carbocycles. The van der Waals surface area contributed by atoms with E-state index in [1.165, 1.54) is 0 Å². The van der Waals surface area contributed by atoms with Gasteiger partial charge in [0.25, 0.3) is 0 Å². The van der Waals surface area contributed by atoms with Crippen LogP contribution in [0, 0.1) is 5.41 Å². The van der Waals surface area contributed by atoms with Gasteiger partial charge in [0.1, 0.15) is 0 Å². The molecule has 0 aromatic heterocycles. The van der Waals surface area contributed by atoms with Crippen LogP contribution in [0.1, 0.15) is 5.56 Å². The second kappa shape index (κ2) is 4.31. The Morgan fingerprint density at radius 2 is 1.83 bits per heavy atom. The first-order chi connectivity index (χ1) is 5.70. The SMILES string of the molecule is N=C(CP(O)O)c1ccccc1. The molecule has 0 saturated carbocycles. The summed E-state index contributed by atoms with van der Waals surface area (Å²) in [5.74, 6) is 0. The quantitative estimate of drug-likeness (QED) is 0.489. The van der Waals surface area contributed by atoms with Crippen LogP contribution in [0.3, 0.4) is 0 Å². The van der Waals surface area contributed by atoms with Crippen molar-refractivity contribution in [2.24, 2.45) is 0 Å². The molecule has 0 bridgehead atoms. The zero-order valence-corrected chi connectivity index (χ0v) is 7.33. The lowest BCUT2D eigenvalue weighted by atomic mass is 10.1. The number of hydrogen-bond acceptors (Lipinski definition) is 3. The zero-order chi connectivity index (χ0) is 8.97. The summed E-state index contributed by atoms with van der Waals surface area (Å²) in [7, 11) is -1.99. The average molecular weight is 183 g/mol. The van der Waals surface area contributed by atoms with Crippen LogP contribution in [0.25, 0.3) is 0 Å². The van der Waals surface area contributed by atoms with E-state index in [9.17, 15) is 0 Å². The van der Waals surface area contributed by atoms with Gasteiger partial charge in [-0.15, -0.1) is 0 Å². The van der Waals surface area contributed by atoms with Crippen LogP contribution in [-0.4, -0.2) is 21.7 Å². The van der Waals surface area contributed by atoms with Crippen molar-refractivity contribution in [1.29, 1.82) is 5.41 Å². The van der Waals surface area contributed by atoms with Crippen molar-refractivity contribution in [2.45, 2.75) is 0 Å². The van der Waals surface area contributed by atoms with Gasteiger partial charge >= 0.3 is 0 Å². The Balaban J connectivity index is 2.66. The minimum atomic E-state index is -1.99. The summed E-state index contributed by atoms with van der Waals surface area (Å²) in [6, 6.07) is 9.06. The second-order valence-corrected chi connectivity index (χ2v) is 3.44. The van der Waals surface area contributed by atoms with Crippen molar-refractivity contribution in [3.8, 4) is 0 Å². The van der Waals surface area contributed by atoms with Gasteiger partial charge in [0.15, 0.2) is 8.38 Å². The summed E-state index contributed by atoms with van der Waals surface area (Å²) in [6.45, 7) is 0. The summed E-state index contributed by atoms with van der Waals surface area (Å²) < 4.78 is 0. The Hall–Kier alpha value is -0.760. The van der Waals surface area contributed by atoms with E-state index in [0.29, 0.717) is 0 Å². The lowest BCUT2D eigenvalue weighted by Crippen LogP contribution is -2.03. The Morgan fingerprint density at radius 3 is 2.33 bits per heavy atom. The molecule has 0 amide bonds. The second-order valence-electron chi connectivity index (χ2n) is 2.37. The first-order valence-corrected chi connectivity index (χ1v) is 4.91. The molecule has 0 spiro atoms. The number of rotatable bonds is 3. The van der Waals surface area contributed by atoms with Crippen molar-refractivity contribution < 1.29 is 9.79 Å². The van der Waals surface area contributed by atoms with E-state index in [1.54, 1.807) is 12.1 Å². The van der Waals surface area contributed by atoms with E-state index in [0.717, 1.165) is 5.56 Å². The highest BCUT2D eigenvalue weighted by Crippen LogP contribution is 2.23. The molecule has 0 saturated heterocycles. The number of hydrogen-bond donors (Lipinski definition) is 3. The molecule has 64 valence electrons. The smallest absolute Gasteiger partial charge is 0.171 e. The molecule has 0 aliphatic rings. The van der Waals surface area contributed by atoms with Crippen LogP contribution >= 0.6 is 8.38 Å². The minimum Gasteiger partial charge on any atom is -0.350 e. The average Bonchev–Trinajstić information content (AvgIpc) is 2.05. The summed E-state index contributed by atoms with van der Waals surface area (Å²) in [5.41, 5.74) is 1.01. The third-order valence-electron chi connectivity index (χ3n) is 1.42. The molecule has 4 heteroatoms. The van der Waals surface area contributed by atoms with E-state index in [2.05, 4.69) is 0 Å². The van der Waals surface area contributed by atoms with Crippen molar-refractivity contribution >= 4 is 14.1 Å². The maximum absolute atomic E-state index is 8.66. The monoisotopic (exact) mass is 183 g/mol. The Morgan fingerprint density at radius 1 is 1.25 bits per heavy atom. The Labute approximate surface area is 72.1 Å². The van der Waals surface area contributed by atoms with Crippen LogP contribution in [0.2, 0.25) is 0 Å². The van der Waals surface area contributed by atoms with E-state index < -0.39 is 8.38 Å². The van der Waals surface area contributed by atoms with Gasteiger partial charge in [-0.25, -0.2) is 0 Å². The van der Waals surface area contributed by atoms with Gasteiger partial charge in [-0.3, -0.25) is 0 Å². The van der Waals surface area contributed by atoms with Crippen LogP contribution in [0.5, 0.6) is 0 Å². The topological polar surface area (TPSA) is 64.3 Å². The van der Waals surface area contributed by atoms with E-state index in [1.807, 2.05) is 18.2 Å². The lowest BCUT2D eigenvalue weighted by molar-refractivity contribution is 0.488. The summed E-state index contributed by atoms with van der Waals surface area (Å²) in [6.07, 6.45) is 0.0410. The highest BCUT2D eigenvalue weighted by Gasteiger charge is 2.05. The molecule has 1 aromatic rings.